The van der Waals surface area contributed by atoms with E-state index in [9.17, 15) is 9.18 Å². The molecule has 1 nitrogen and oxygen atoms in total. The minimum absolute atomic E-state index is 0.0693. The number of unbranched alkanes of at least 4 members (excludes halogenated alkanes) is 10. The topological polar surface area (TPSA) is 17.1 Å². The highest BCUT2D eigenvalue weighted by atomic mass is 19.1. The quantitative estimate of drug-likeness (QED) is 0.282. The molecule has 0 aromatic heterocycles. The molecule has 0 aliphatic heterocycles. The van der Waals surface area contributed by atoms with Gasteiger partial charge in [-0.15, -0.1) is 0 Å². The molecule has 0 saturated heterocycles. The summed E-state index contributed by atoms with van der Waals surface area (Å²) in [6.45, 7) is 3.97. The molecular formula is C21H33FO. The molecule has 0 aliphatic rings. The molecule has 2 heteroatoms. The largest absolute Gasteiger partial charge is 0.294 e. The molecule has 0 radical (unpaired) electrons. The Hall–Kier alpha value is -1.18. The van der Waals surface area contributed by atoms with Crippen LogP contribution in [0.15, 0.2) is 18.2 Å². The van der Waals surface area contributed by atoms with Gasteiger partial charge in [0.25, 0.3) is 0 Å². The van der Waals surface area contributed by atoms with E-state index in [1.54, 1.807) is 19.1 Å². The number of carbonyl (C=O) groups excluding carboxylic acids is 1. The maximum absolute atomic E-state index is 13.4. The molecule has 0 heterocycles. The zero-order valence-corrected chi connectivity index (χ0v) is 15.0. The molecule has 0 bridgehead atoms. The van der Waals surface area contributed by atoms with Crippen LogP contribution < -0.4 is 0 Å². The molecule has 0 saturated carbocycles. The van der Waals surface area contributed by atoms with Gasteiger partial charge in [-0.05, 0) is 25.0 Å². The smallest absolute Gasteiger partial charge is 0.162 e. The van der Waals surface area contributed by atoms with E-state index < -0.39 is 0 Å². The Balaban J connectivity index is 2.00. The first-order chi connectivity index (χ1) is 11.1. The summed E-state index contributed by atoms with van der Waals surface area (Å²) >= 11 is 0. The molecule has 0 atom stereocenters. The highest BCUT2D eigenvalue weighted by molar-refractivity contribution is 5.96. The number of rotatable bonds is 13. The van der Waals surface area contributed by atoms with E-state index in [-0.39, 0.29) is 11.6 Å². The first-order valence-corrected chi connectivity index (χ1v) is 9.44. The number of hydrogen-bond donors (Lipinski definition) is 0. The summed E-state index contributed by atoms with van der Waals surface area (Å²) in [6.07, 6.45) is 14.6. The Morgan fingerprint density at radius 1 is 0.870 bits per heavy atom. The lowest BCUT2D eigenvalue weighted by molar-refractivity contribution is 0.0978. The first-order valence-electron chi connectivity index (χ1n) is 9.44. The van der Waals surface area contributed by atoms with Crippen LogP contribution in [-0.4, -0.2) is 5.78 Å². The van der Waals surface area contributed by atoms with Crippen LogP contribution in [-0.2, 0) is 0 Å². The molecule has 0 spiro atoms. The lowest BCUT2D eigenvalue weighted by Gasteiger charge is -2.04. The molecule has 23 heavy (non-hydrogen) atoms. The molecule has 130 valence electrons. The summed E-state index contributed by atoms with van der Waals surface area (Å²) in [6, 6.07) is 4.79. The standard InChI is InChI=1S/C21H33FO/c1-3-4-5-6-7-8-9-10-11-12-13-14-21(23)19-16-15-18(2)20(22)17-19/h15-17H,3-14H2,1-2H3. The van der Waals surface area contributed by atoms with Crippen molar-refractivity contribution in [2.45, 2.75) is 90.9 Å². The average Bonchev–Trinajstić information content (AvgIpc) is 2.55. The van der Waals surface area contributed by atoms with E-state index in [1.807, 2.05) is 0 Å². The third-order valence-electron chi connectivity index (χ3n) is 4.50. The number of benzene rings is 1. The summed E-state index contributed by atoms with van der Waals surface area (Å²) in [4.78, 5) is 12.0. The number of hydrogen-bond acceptors (Lipinski definition) is 1. The van der Waals surface area contributed by atoms with Crippen molar-refractivity contribution < 1.29 is 9.18 Å². The molecule has 1 aromatic rings. The molecule has 0 aliphatic carbocycles. The third kappa shape index (κ3) is 8.88. The zero-order valence-electron chi connectivity index (χ0n) is 15.0. The van der Waals surface area contributed by atoms with E-state index in [0.717, 1.165) is 12.8 Å². The van der Waals surface area contributed by atoms with Crippen molar-refractivity contribution in [2.75, 3.05) is 0 Å². The Labute approximate surface area is 141 Å². The molecule has 0 fully saturated rings. The second-order valence-electron chi connectivity index (χ2n) is 6.67. The maximum Gasteiger partial charge on any atom is 0.162 e. The number of Topliss-reactive ketones (excluding diaryl/α,β-unsaturated/α-hetero) is 1. The van der Waals surface area contributed by atoms with Crippen LogP contribution >= 0.6 is 0 Å². The minimum Gasteiger partial charge on any atom is -0.294 e. The minimum atomic E-state index is -0.283. The predicted octanol–water partition coefficient (Wildman–Crippen LogP) is 7.02. The first kappa shape index (κ1) is 19.9. The van der Waals surface area contributed by atoms with Crippen LogP contribution in [0.4, 0.5) is 4.39 Å². The molecule has 1 rings (SSSR count). The summed E-state index contributed by atoms with van der Waals surface area (Å²) in [5.41, 5.74) is 1.11. The van der Waals surface area contributed by atoms with Crippen molar-refractivity contribution >= 4 is 5.78 Å². The van der Waals surface area contributed by atoms with E-state index in [2.05, 4.69) is 6.92 Å². The van der Waals surface area contributed by atoms with Gasteiger partial charge < -0.3 is 0 Å². The average molecular weight is 320 g/mol. The number of ketones is 1. The Kier molecular flexibility index (Phi) is 10.6. The van der Waals surface area contributed by atoms with Gasteiger partial charge in [0.1, 0.15) is 5.82 Å². The van der Waals surface area contributed by atoms with Crippen molar-refractivity contribution in [3.8, 4) is 0 Å². The summed E-state index contributed by atoms with van der Waals surface area (Å²) in [7, 11) is 0. The van der Waals surface area contributed by atoms with Gasteiger partial charge in [-0.3, -0.25) is 4.79 Å². The summed E-state index contributed by atoms with van der Waals surface area (Å²) in [5, 5.41) is 0. The summed E-state index contributed by atoms with van der Waals surface area (Å²) in [5.74, 6) is -0.213. The number of halogens is 1. The van der Waals surface area contributed by atoms with Gasteiger partial charge >= 0.3 is 0 Å². The van der Waals surface area contributed by atoms with Crippen molar-refractivity contribution in [1.29, 1.82) is 0 Å². The van der Waals surface area contributed by atoms with Gasteiger partial charge in [-0.2, -0.15) is 0 Å². The molecule has 0 amide bonds. The van der Waals surface area contributed by atoms with Gasteiger partial charge in [0, 0.05) is 12.0 Å². The van der Waals surface area contributed by atoms with Gasteiger partial charge in [0.2, 0.25) is 0 Å². The maximum atomic E-state index is 13.4. The Morgan fingerprint density at radius 2 is 1.39 bits per heavy atom. The van der Waals surface area contributed by atoms with Crippen LogP contribution in [0.5, 0.6) is 0 Å². The third-order valence-corrected chi connectivity index (χ3v) is 4.50. The highest BCUT2D eigenvalue weighted by Gasteiger charge is 2.07. The van der Waals surface area contributed by atoms with Crippen molar-refractivity contribution in [3.63, 3.8) is 0 Å². The van der Waals surface area contributed by atoms with E-state index in [0.29, 0.717) is 17.5 Å². The van der Waals surface area contributed by atoms with Crippen LogP contribution in [0.25, 0.3) is 0 Å². The lowest BCUT2D eigenvalue weighted by atomic mass is 10.0. The summed E-state index contributed by atoms with van der Waals surface area (Å²) < 4.78 is 13.4. The van der Waals surface area contributed by atoms with Gasteiger partial charge in [0.15, 0.2) is 5.78 Å². The number of carbonyl (C=O) groups is 1. The predicted molar refractivity (Wildman–Crippen MR) is 96.5 cm³/mol. The van der Waals surface area contributed by atoms with Crippen LogP contribution in [0.3, 0.4) is 0 Å². The Morgan fingerprint density at radius 3 is 1.91 bits per heavy atom. The normalized spacial score (nSPS) is 10.9. The van der Waals surface area contributed by atoms with Crippen molar-refractivity contribution in [1.82, 2.24) is 0 Å². The zero-order chi connectivity index (χ0) is 16.9. The second-order valence-corrected chi connectivity index (χ2v) is 6.67. The van der Waals surface area contributed by atoms with Gasteiger partial charge in [-0.25, -0.2) is 4.39 Å². The molecule has 0 unspecified atom stereocenters. The highest BCUT2D eigenvalue weighted by Crippen LogP contribution is 2.15. The van der Waals surface area contributed by atoms with Crippen LogP contribution in [0.2, 0.25) is 0 Å². The number of aryl methyl sites for hydroxylation is 1. The molecule has 0 N–H and O–H groups in total. The second kappa shape index (κ2) is 12.3. The Bertz CT molecular complexity index is 453. The fourth-order valence-corrected chi connectivity index (χ4v) is 2.86. The van der Waals surface area contributed by atoms with Crippen LogP contribution in [0, 0.1) is 12.7 Å². The van der Waals surface area contributed by atoms with E-state index in [4.69, 9.17) is 0 Å². The lowest BCUT2D eigenvalue weighted by Crippen LogP contribution is -2.00. The van der Waals surface area contributed by atoms with E-state index >= 15 is 0 Å². The van der Waals surface area contributed by atoms with E-state index in [1.165, 1.54) is 63.9 Å². The van der Waals surface area contributed by atoms with Crippen molar-refractivity contribution in [2.24, 2.45) is 0 Å². The molecule has 1 aromatic carbocycles. The monoisotopic (exact) mass is 320 g/mol. The SMILES string of the molecule is CCCCCCCCCCCCCC(=O)c1ccc(C)c(F)c1. The fraction of sp³-hybridized carbons (Fsp3) is 0.667. The molecular weight excluding hydrogens is 287 g/mol. The van der Waals surface area contributed by atoms with Gasteiger partial charge in [-0.1, -0.05) is 83.3 Å². The van der Waals surface area contributed by atoms with Crippen LogP contribution in [0.1, 0.15) is 99.9 Å². The van der Waals surface area contributed by atoms with Crippen molar-refractivity contribution in [3.05, 3.63) is 35.1 Å². The fourth-order valence-electron chi connectivity index (χ4n) is 2.86. The van der Waals surface area contributed by atoms with Gasteiger partial charge in [0.05, 0.1) is 0 Å².